The molecule has 0 saturated carbocycles. The van der Waals surface area contributed by atoms with Crippen molar-refractivity contribution < 1.29 is 14.3 Å². The van der Waals surface area contributed by atoms with Crippen LogP contribution in [0.4, 0.5) is 4.39 Å². The Balaban J connectivity index is 0.00000312. The average molecular weight is 503 g/mol. The number of aliphatic carboxylic acids is 1. The lowest BCUT2D eigenvalue weighted by atomic mass is 10.0. The average Bonchev–Trinajstić information content (AvgIpc) is 2.52. The van der Waals surface area contributed by atoms with E-state index in [-0.39, 0.29) is 40.5 Å². The van der Waals surface area contributed by atoms with E-state index >= 15 is 0 Å². The minimum absolute atomic E-state index is 0. The van der Waals surface area contributed by atoms with Crippen molar-refractivity contribution in [3.63, 3.8) is 0 Å². The predicted molar refractivity (Wildman–Crippen MR) is 106 cm³/mol. The molecule has 1 atom stereocenters. The van der Waals surface area contributed by atoms with Gasteiger partial charge in [0.15, 0.2) is 0 Å². The number of hydrogen-bond acceptors (Lipinski definition) is 5. The Labute approximate surface area is 171 Å². The van der Waals surface area contributed by atoms with Crippen LogP contribution in [0.25, 0.3) is 0 Å². The molecule has 1 aliphatic heterocycles. The van der Waals surface area contributed by atoms with Gasteiger partial charge in [0.05, 0.1) is 16.8 Å². The first-order valence-corrected chi connectivity index (χ1v) is 7.83. The van der Waals surface area contributed by atoms with E-state index in [1.54, 1.807) is 11.8 Å². The molecule has 0 amide bonds. The number of nitrogens with two attached hydrogens (primary N) is 2. The number of allylic oxidation sites excluding steroid dienone is 1. The zero-order chi connectivity index (χ0) is 18.0. The standard InChI is InChI=1S/C15H17Cl2FN4O2.HI/c1-7(12-8(16)2-3-9(18)13(12)17)22-5-4-21-14(20)11(22)6-10(19)15(23)24;/h2-3,6-7,21H,4-5,19-20H2,1H3,(H,23,24);1H/b10-6-;. The monoisotopic (exact) mass is 502 g/mol. The second kappa shape index (κ2) is 8.81. The van der Waals surface area contributed by atoms with Crippen LogP contribution < -0.4 is 16.8 Å². The van der Waals surface area contributed by atoms with E-state index in [1.165, 1.54) is 18.2 Å². The predicted octanol–water partition coefficient (Wildman–Crippen LogP) is 2.77. The molecule has 0 bridgehead atoms. The molecule has 1 aromatic carbocycles. The first kappa shape index (κ1) is 21.7. The SMILES string of the molecule is CC(c1c(Cl)ccc(F)c1Cl)N1CCNC(N)=C1/C=C(\N)C(=O)O.I. The number of hydrogen-bond donors (Lipinski definition) is 4. The molecule has 0 spiro atoms. The number of carboxylic acids is 1. The zero-order valence-corrected chi connectivity index (χ0v) is 17.1. The fraction of sp³-hybridized carbons (Fsp3) is 0.267. The third-order valence-electron chi connectivity index (χ3n) is 3.76. The zero-order valence-electron chi connectivity index (χ0n) is 13.2. The summed E-state index contributed by atoms with van der Waals surface area (Å²) in [4.78, 5) is 12.8. The molecular formula is C15H18Cl2FIN4O2. The highest BCUT2D eigenvalue weighted by Crippen LogP contribution is 2.37. The molecule has 0 radical (unpaired) electrons. The molecule has 1 unspecified atom stereocenters. The van der Waals surface area contributed by atoms with Crippen LogP contribution in [0.2, 0.25) is 10.0 Å². The minimum atomic E-state index is -1.27. The van der Waals surface area contributed by atoms with Gasteiger partial charge in [-0.3, -0.25) is 0 Å². The Hall–Kier alpha value is -1.39. The van der Waals surface area contributed by atoms with Gasteiger partial charge in [0.25, 0.3) is 0 Å². The molecule has 6 N–H and O–H groups in total. The summed E-state index contributed by atoms with van der Waals surface area (Å²) in [6.07, 6.45) is 1.25. The number of rotatable bonds is 4. The third-order valence-corrected chi connectivity index (χ3v) is 4.47. The van der Waals surface area contributed by atoms with Crippen molar-refractivity contribution in [2.75, 3.05) is 13.1 Å². The molecule has 25 heavy (non-hydrogen) atoms. The summed E-state index contributed by atoms with van der Waals surface area (Å²) in [5, 5.41) is 12.1. The molecule has 6 nitrogen and oxygen atoms in total. The van der Waals surface area contributed by atoms with Crippen LogP contribution in [-0.4, -0.2) is 29.1 Å². The van der Waals surface area contributed by atoms with Gasteiger partial charge in [0.2, 0.25) is 0 Å². The first-order chi connectivity index (χ1) is 11.2. The van der Waals surface area contributed by atoms with E-state index in [0.29, 0.717) is 29.4 Å². The molecule has 0 fully saturated rings. The van der Waals surface area contributed by atoms with Gasteiger partial charge in [-0.2, -0.15) is 0 Å². The van der Waals surface area contributed by atoms with Gasteiger partial charge in [0, 0.05) is 23.7 Å². The Kier molecular flexibility index (Phi) is 7.63. The molecule has 1 heterocycles. The molecule has 138 valence electrons. The maximum atomic E-state index is 13.8. The topological polar surface area (TPSA) is 105 Å². The number of halogens is 4. The first-order valence-electron chi connectivity index (χ1n) is 7.08. The summed E-state index contributed by atoms with van der Waals surface area (Å²) >= 11 is 12.3. The number of carbonyl (C=O) groups is 1. The summed E-state index contributed by atoms with van der Waals surface area (Å²) in [7, 11) is 0. The highest BCUT2D eigenvalue weighted by atomic mass is 127. The minimum Gasteiger partial charge on any atom is -0.477 e. The Bertz CT molecular complexity index is 742. The van der Waals surface area contributed by atoms with Gasteiger partial charge in [-0.1, -0.05) is 23.2 Å². The van der Waals surface area contributed by atoms with Crippen molar-refractivity contribution >= 4 is 53.1 Å². The van der Waals surface area contributed by atoms with E-state index < -0.39 is 17.8 Å². The number of nitrogens with zero attached hydrogens (tertiary/aromatic N) is 1. The summed E-state index contributed by atoms with van der Waals surface area (Å²) in [6, 6.07) is 2.16. The fourth-order valence-corrected chi connectivity index (χ4v) is 3.22. The number of nitrogens with one attached hydrogen (secondary N) is 1. The van der Waals surface area contributed by atoms with Gasteiger partial charge in [0.1, 0.15) is 17.3 Å². The van der Waals surface area contributed by atoms with E-state index in [0.717, 1.165) is 0 Å². The second-order valence-electron chi connectivity index (χ2n) is 5.26. The molecule has 1 aromatic rings. The van der Waals surface area contributed by atoms with Crippen LogP contribution >= 0.6 is 47.2 Å². The summed E-state index contributed by atoms with van der Waals surface area (Å²) in [5.41, 5.74) is 11.8. The lowest BCUT2D eigenvalue weighted by molar-refractivity contribution is -0.132. The molecule has 0 saturated heterocycles. The summed E-state index contributed by atoms with van der Waals surface area (Å²) < 4.78 is 13.8. The van der Waals surface area contributed by atoms with Gasteiger partial charge in [-0.15, -0.1) is 24.0 Å². The fourth-order valence-electron chi connectivity index (χ4n) is 2.53. The van der Waals surface area contributed by atoms with Gasteiger partial charge in [-0.05, 0) is 25.1 Å². The Morgan fingerprint density at radius 1 is 1.48 bits per heavy atom. The van der Waals surface area contributed by atoms with Crippen LogP contribution in [0, 0.1) is 5.82 Å². The molecular weight excluding hydrogens is 485 g/mol. The van der Waals surface area contributed by atoms with E-state index in [1.807, 2.05) is 0 Å². The van der Waals surface area contributed by atoms with Crippen molar-refractivity contribution in [3.8, 4) is 0 Å². The van der Waals surface area contributed by atoms with Crippen LogP contribution in [-0.2, 0) is 4.79 Å². The van der Waals surface area contributed by atoms with E-state index in [9.17, 15) is 9.18 Å². The third kappa shape index (κ3) is 4.62. The smallest absolute Gasteiger partial charge is 0.351 e. The molecule has 0 aliphatic carbocycles. The van der Waals surface area contributed by atoms with Crippen molar-refractivity contribution in [2.45, 2.75) is 13.0 Å². The second-order valence-corrected chi connectivity index (χ2v) is 6.04. The van der Waals surface area contributed by atoms with Crippen molar-refractivity contribution in [3.05, 3.63) is 56.8 Å². The summed E-state index contributed by atoms with van der Waals surface area (Å²) in [5.74, 6) is -1.59. The maximum absolute atomic E-state index is 13.8. The van der Waals surface area contributed by atoms with E-state index in [2.05, 4.69) is 5.32 Å². The lowest BCUT2D eigenvalue weighted by Gasteiger charge is -2.37. The summed E-state index contributed by atoms with van der Waals surface area (Å²) in [6.45, 7) is 2.77. The molecule has 2 rings (SSSR count). The molecule has 0 aromatic heterocycles. The highest BCUT2D eigenvalue weighted by molar-refractivity contribution is 14.0. The number of carboxylic acid groups (broad SMARTS) is 1. The lowest BCUT2D eigenvalue weighted by Crippen LogP contribution is -2.42. The van der Waals surface area contributed by atoms with E-state index in [4.69, 9.17) is 39.8 Å². The van der Waals surface area contributed by atoms with Crippen molar-refractivity contribution in [1.29, 1.82) is 0 Å². The maximum Gasteiger partial charge on any atom is 0.351 e. The van der Waals surface area contributed by atoms with Crippen LogP contribution in [0.3, 0.4) is 0 Å². The van der Waals surface area contributed by atoms with Gasteiger partial charge >= 0.3 is 5.97 Å². The Morgan fingerprint density at radius 2 is 2.12 bits per heavy atom. The van der Waals surface area contributed by atoms with Crippen LogP contribution in [0.5, 0.6) is 0 Å². The largest absolute Gasteiger partial charge is 0.477 e. The van der Waals surface area contributed by atoms with Crippen LogP contribution in [0.15, 0.2) is 35.4 Å². The molecule has 1 aliphatic rings. The van der Waals surface area contributed by atoms with Crippen molar-refractivity contribution in [1.82, 2.24) is 10.2 Å². The number of benzene rings is 1. The van der Waals surface area contributed by atoms with Gasteiger partial charge < -0.3 is 26.8 Å². The van der Waals surface area contributed by atoms with Gasteiger partial charge in [-0.25, -0.2) is 9.18 Å². The van der Waals surface area contributed by atoms with Crippen molar-refractivity contribution in [2.24, 2.45) is 11.5 Å². The Morgan fingerprint density at radius 3 is 2.72 bits per heavy atom. The quantitative estimate of drug-likeness (QED) is 0.287. The van der Waals surface area contributed by atoms with Crippen LogP contribution in [0.1, 0.15) is 18.5 Å². The molecule has 10 heteroatoms. The normalized spacial score (nSPS) is 16.2. The highest BCUT2D eigenvalue weighted by Gasteiger charge is 2.27.